The molecule has 25 heavy (non-hydrogen) atoms. The maximum Gasteiger partial charge on any atom is 0.254 e. The minimum Gasteiger partial charge on any atom is -0.350 e. The normalized spacial score (nSPS) is 11.7. The van der Waals surface area contributed by atoms with E-state index in [0.29, 0.717) is 11.1 Å². The van der Waals surface area contributed by atoms with Crippen molar-refractivity contribution >= 4 is 11.8 Å². The van der Waals surface area contributed by atoms with Crippen molar-refractivity contribution in [3.8, 4) is 0 Å². The van der Waals surface area contributed by atoms with Crippen LogP contribution in [-0.2, 0) is 6.54 Å². The average molecular weight is 346 g/mol. The summed E-state index contributed by atoms with van der Waals surface area (Å²) in [5, 5.41) is 5.38. The third-order valence-electron chi connectivity index (χ3n) is 3.81. The number of hydrogen-bond donors (Lipinski definition) is 2. The zero-order valence-corrected chi connectivity index (χ0v) is 14.1. The van der Waals surface area contributed by atoms with E-state index in [-0.39, 0.29) is 24.1 Å². The summed E-state index contributed by atoms with van der Waals surface area (Å²) in [6.45, 7) is 3.98. The quantitative estimate of drug-likeness (QED) is 0.842. The van der Waals surface area contributed by atoms with Crippen LogP contribution in [0.25, 0.3) is 0 Å². The smallest absolute Gasteiger partial charge is 0.254 e. The molecule has 0 saturated carbocycles. The third-order valence-corrected chi connectivity index (χ3v) is 3.81. The lowest BCUT2D eigenvalue weighted by Crippen LogP contribution is -2.32. The van der Waals surface area contributed by atoms with Crippen molar-refractivity contribution in [2.75, 3.05) is 0 Å². The third kappa shape index (κ3) is 5.11. The molecule has 2 aromatic rings. The van der Waals surface area contributed by atoms with Crippen LogP contribution in [0.5, 0.6) is 0 Å². The first-order valence-electron chi connectivity index (χ1n) is 8.03. The number of benzene rings is 2. The fraction of sp³-hybridized carbons (Fsp3) is 0.263. The summed E-state index contributed by atoms with van der Waals surface area (Å²) in [4.78, 5) is 24.1. The number of nitrogens with one attached hydrogen (secondary N) is 2. The van der Waals surface area contributed by atoms with E-state index in [9.17, 15) is 18.4 Å². The summed E-state index contributed by atoms with van der Waals surface area (Å²) in [6.07, 6.45) is 0.820. The van der Waals surface area contributed by atoms with Crippen molar-refractivity contribution in [2.45, 2.75) is 32.9 Å². The summed E-state index contributed by atoms with van der Waals surface area (Å²) >= 11 is 0. The van der Waals surface area contributed by atoms with Gasteiger partial charge >= 0.3 is 0 Å². The Morgan fingerprint density at radius 1 is 1.08 bits per heavy atom. The van der Waals surface area contributed by atoms with Crippen LogP contribution in [0.1, 0.15) is 46.5 Å². The fourth-order valence-electron chi connectivity index (χ4n) is 2.18. The van der Waals surface area contributed by atoms with Crippen LogP contribution < -0.4 is 10.6 Å². The highest BCUT2D eigenvalue weighted by Crippen LogP contribution is 2.11. The highest BCUT2D eigenvalue weighted by atomic mass is 19.1. The molecule has 0 aliphatic carbocycles. The van der Waals surface area contributed by atoms with Gasteiger partial charge in [0, 0.05) is 18.2 Å². The Morgan fingerprint density at radius 3 is 2.56 bits per heavy atom. The van der Waals surface area contributed by atoms with E-state index in [0.717, 1.165) is 24.6 Å². The lowest BCUT2D eigenvalue weighted by Gasteiger charge is -2.12. The first-order chi connectivity index (χ1) is 11.9. The van der Waals surface area contributed by atoms with Gasteiger partial charge in [-0.25, -0.2) is 8.78 Å². The van der Waals surface area contributed by atoms with E-state index < -0.39 is 17.5 Å². The van der Waals surface area contributed by atoms with E-state index in [4.69, 9.17) is 0 Å². The van der Waals surface area contributed by atoms with Gasteiger partial charge in [-0.05, 0) is 49.2 Å². The lowest BCUT2D eigenvalue weighted by molar-refractivity contribution is 0.0935. The number of halogens is 2. The summed E-state index contributed by atoms with van der Waals surface area (Å²) in [6, 6.07) is 9.54. The number of rotatable bonds is 6. The van der Waals surface area contributed by atoms with E-state index in [2.05, 4.69) is 10.6 Å². The van der Waals surface area contributed by atoms with E-state index in [1.165, 1.54) is 0 Å². The van der Waals surface area contributed by atoms with Crippen LogP contribution in [0.15, 0.2) is 42.5 Å². The van der Waals surface area contributed by atoms with Crippen molar-refractivity contribution in [1.82, 2.24) is 10.6 Å². The predicted molar refractivity (Wildman–Crippen MR) is 91.2 cm³/mol. The van der Waals surface area contributed by atoms with Gasteiger partial charge in [0.2, 0.25) is 0 Å². The van der Waals surface area contributed by atoms with Gasteiger partial charge in [-0.2, -0.15) is 0 Å². The second-order valence-electron chi connectivity index (χ2n) is 5.79. The Labute approximate surface area is 145 Å². The minimum absolute atomic E-state index is 0.0619. The number of carbonyl (C=O) groups is 2. The van der Waals surface area contributed by atoms with Gasteiger partial charge in [-0.1, -0.05) is 19.1 Å². The SMILES string of the molecule is CC[C@H](C)NC(=O)c1cccc(CNC(=O)c2cc(F)ccc2F)c1. The zero-order valence-electron chi connectivity index (χ0n) is 14.1. The standard InChI is InChI=1S/C19H20F2N2O2/c1-3-12(2)23-18(24)14-6-4-5-13(9-14)11-22-19(25)16-10-15(20)7-8-17(16)21/h4-10,12H,3,11H2,1-2H3,(H,22,25)(H,23,24)/t12-/m0/s1. The molecule has 0 radical (unpaired) electrons. The molecule has 6 heteroatoms. The number of hydrogen-bond acceptors (Lipinski definition) is 2. The Balaban J connectivity index is 2.03. The van der Waals surface area contributed by atoms with Crippen LogP contribution >= 0.6 is 0 Å². The maximum absolute atomic E-state index is 13.6. The molecule has 4 nitrogen and oxygen atoms in total. The molecule has 2 rings (SSSR count). The molecule has 0 saturated heterocycles. The maximum atomic E-state index is 13.6. The van der Waals surface area contributed by atoms with Crippen molar-refractivity contribution < 1.29 is 18.4 Å². The molecule has 0 heterocycles. The highest BCUT2D eigenvalue weighted by molar-refractivity contribution is 5.95. The van der Waals surface area contributed by atoms with E-state index in [1.807, 2.05) is 13.8 Å². The monoisotopic (exact) mass is 346 g/mol. The average Bonchev–Trinajstić information content (AvgIpc) is 2.61. The molecule has 1 atom stereocenters. The Bertz CT molecular complexity index is 778. The fourth-order valence-corrected chi connectivity index (χ4v) is 2.18. The summed E-state index contributed by atoms with van der Waals surface area (Å²) in [7, 11) is 0. The first-order valence-corrected chi connectivity index (χ1v) is 8.03. The largest absolute Gasteiger partial charge is 0.350 e. The molecular weight excluding hydrogens is 326 g/mol. The number of amides is 2. The zero-order chi connectivity index (χ0) is 18.4. The molecule has 2 aromatic carbocycles. The minimum atomic E-state index is -0.791. The molecule has 0 aliphatic rings. The molecular formula is C19H20F2N2O2. The van der Waals surface area contributed by atoms with Crippen molar-refractivity contribution in [3.63, 3.8) is 0 Å². The lowest BCUT2D eigenvalue weighted by atomic mass is 10.1. The summed E-state index contributed by atoms with van der Waals surface area (Å²) < 4.78 is 26.7. The molecule has 0 unspecified atom stereocenters. The van der Waals surface area contributed by atoms with Gasteiger partial charge < -0.3 is 10.6 Å². The van der Waals surface area contributed by atoms with Crippen LogP contribution in [0.3, 0.4) is 0 Å². The van der Waals surface area contributed by atoms with Gasteiger partial charge in [-0.3, -0.25) is 9.59 Å². The molecule has 0 aliphatic heterocycles. The van der Waals surface area contributed by atoms with E-state index in [1.54, 1.807) is 24.3 Å². The second-order valence-corrected chi connectivity index (χ2v) is 5.79. The molecule has 0 bridgehead atoms. The van der Waals surface area contributed by atoms with Gasteiger partial charge in [0.05, 0.1) is 5.56 Å². The van der Waals surface area contributed by atoms with Gasteiger partial charge in [0.1, 0.15) is 11.6 Å². The Hall–Kier alpha value is -2.76. The van der Waals surface area contributed by atoms with Crippen LogP contribution in [0.4, 0.5) is 8.78 Å². The van der Waals surface area contributed by atoms with Crippen LogP contribution in [-0.4, -0.2) is 17.9 Å². The number of carbonyl (C=O) groups excluding carboxylic acids is 2. The van der Waals surface area contributed by atoms with Gasteiger partial charge in [0.25, 0.3) is 11.8 Å². The second kappa shape index (κ2) is 8.37. The van der Waals surface area contributed by atoms with Crippen molar-refractivity contribution in [2.24, 2.45) is 0 Å². The molecule has 2 N–H and O–H groups in total. The van der Waals surface area contributed by atoms with E-state index >= 15 is 0 Å². The molecule has 0 aromatic heterocycles. The highest BCUT2D eigenvalue weighted by Gasteiger charge is 2.13. The summed E-state index contributed by atoms with van der Waals surface area (Å²) in [5.41, 5.74) is 0.802. The first kappa shape index (κ1) is 18.6. The van der Waals surface area contributed by atoms with Gasteiger partial charge in [0.15, 0.2) is 0 Å². The Morgan fingerprint density at radius 2 is 1.84 bits per heavy atom. The molecule has 132 valence electrons. The Kier molecular flexibility index (Phi) is 6.22. The topological polar surface area (TPSA) is 58.2 Å². The molecule has 0 spiro atoms. The van der Waals surface area contributed by atoms with Gasteiger partial charge in [-0.15, -0.1) is 0 Å². The molecule has 2 amide bonds. The summed E-state index contributed by atoms with van der Waals surface area (Å²) in [5.74, 6) is -2.39. The van der Waals surface area contributed by atoms with Crippen molar-refractivity contribution in [3.05, 3.63) is 70.8 Å². The van der Waals surface area contributed by atoms with Crippen molar-refractivity contribution in [1.29, 1.82) is 0 Å². The predicted octanol–water partition coefficient (Wildman–Crippen LogP) is 3.42. The van der Waals surface area contributed by atoms with Crippen LogP contribution in [0.2, 0.25) is 0 Å². The molecule has 0 fully saturated rings. The van der Waals surface area contributed by atoms with Crippen LogP contribution in [0, 0.1) is 11.6 Å².